The van der Waals surface area contributed by atoms with Gasteiger partial charge in [-0.3, -0.25) is 0 Å². The third-order valence-electron chi connectivity index (χ3n) is 2.72. The molecule has 0 aromatic carbocycles. The summed E-state index contributed by atoms with van der Waals surface area (Å²) >= 11 is 1.48. The van der Waals surface area contributed by atoms with Gasteiger partial charge in [-0.25, -0.2) is 19.6 Å². The van der Waals surface area contributed by atoms with Crippen molar-refractivity contribution >= 4 is 23.3 Å². The molecule has 0 aliphatic heterocycles. The van der Waals surface area contributed by atoms with Gasteiger partial charge in [-0.05, 0) is 11.6 Å². The van der Waals surface area contributed by atoms with Crippen LogP contribution in [0, 0.1) is 0 Å². The fraction of sp³-hybridized carbons (Fsp3) is 0.231. The van der Waals surface area contributed by atoms with E-state index in [0.29, 0.717) is 6.54 Å². The van der Waals surface area contributed by atoms with Crippen LogP contribution in [0.5, 0.6) is 0 Å². The zero-order valence-corrected chi connectivity index (χ0v) is 12.1. The lowest BCUT2D eigenvalue weighted by atomic mass is 10.2. The van der Waals surface area contributed by atoms with E-state index in [4.69, 9.17) is 5.11 Å². The first-order chi connectivity index (χ1) is 10.1. The summed E-state index contributed by atoms with van der Waals surface area (Å²) in [4.78, 5) is 32.0. The van der Waals surface area contributed by atoms with Gasteiger partial charge in [-0.15, -0.1) is 11.3 Å². The molecule has 0 unspecified atom stereocenters. The maximum absolute atomic E-state index is 11.9. The third kappa shape index (κ3) is 4.25. The maximum atomic E-state index is 11.9. The third-order valence-corrected chi connectivity index (χ3v) is 3.35. The minimum Gasteiger partial charge on any atom is -0.477 e. The number of pyridine rings is 1. The molecule has 110 valence electrons. The van der Waals surface area contributed by atoms with Crippen LogP contribution in [-0.2, 0) is 13.1 Å². The van der Waals surface area contributed by atoms with E-state index in [1.807, 2.05) is 5.38 Å². The van der Waals surface area contributed by atoms with Crippen LogP contribution in [0.1, 0.15) is 21.7 Å². The number of aromatic carboxylic acids is 1. The lowest BCUT2D eigenvalue weighted by Gasteiger charge is -2.16. The van der Waals surface area contributed by atoms with Gasteiger partial charge in [0.2, 0.25) is 0 Å². The zero-order valence-electron chi connectivity index (χ0n) is 11.3. The van der Waals surface area contributed by atoms with Crippen molar-refractivity contribution in [2.24, 2.45) is 0 Å². The van der Waals surface area contributed by atoms with E-state index in [-0.39, 0.29) is 18.3 Å². The molecule has 2 aromatic rings. The molecule has 0 fully saturated rings. The number of urea groups is 1. The summed E-state index contributed by atoms with van der Waals surface area (Å²) in [7, 11) is 1.68. The number of thiazole rings is 1. The summed E-state index contributed by atoms with van der Waals surface area (Å²) in [6, 6.07) is 2.80. The van der Waals surface area contributed by atoms with Crippen molar-refractivity contribution in [3.63, 3.8) is 0 Å². The Balaban J connectivity index is 1.84. The Morgan fingerprint density at radius 1 is 1.38 bits per heavy atom. The van der Waals surface area contributed by atoms with Crippen molar-refractivity contribution in [3.05, 3.63) is 46.2 Å². The molecule has 2 rings (SSSR count). The van der Waals surface area contributed by atoms with Crippen LogP contribution in [0.2, 0.25) is 0 Å². The largest absolute Gasteiger partial charge is 0.477 e. The van der Waals surface area contributed by atoms with Gasteiger partial charge < -0.3 is 15.3 Å². The molecule has 0 radical (unpaired) electrons. The summed E-state index contributed by atoms with van der Waals surface area (Å²) in [5.41, 5.74) is 3.27. The first-order valence-corrected chi connectivity index (χ1v) is 7.05. The number of hydrogen-bond donors (Lipinski definition) is 2. The molecular formula is C13H14N4O3S. The molecule has 0 aliphatic rings. The Morgan fingerprint density at radius 2 is 2.19 bits per heavy atom. The normalized spacial score (nSPS) is 10.1. The first-order valence-electron chi connectivity index (χ1n) is 6.10. The van der Waals surface area contributed by atoms with Crippen LogP contribution in [-0.4, -0.2) is 39.0 Å². The number of carboxylic acids is 1. The summed E-state index contributed by atoms with van der Waals surface area (Å²) in [5.74, 6) is -1.08. The Labute approximate surface area is 125 Å². The molecule has 0 aliphatic carbocycles. The number of carbonyl (C=O) groups is 2. The number of hydrogen-bond acceptors (Lipinski definition) is 5. The van der Waals surface area contributed by atoms with Crippen molar-refractivity contribution < 1.29 is 14.7 Å². The van der Waals surface area contributed by atoms with Crippen LogP contribution in [0.3, 0.4) is 0 Å². The van der Waals surface area contributed by atoms with Crippen LogP contribution in [0.4, 0.5) is 4.79 Å². The van der Waals surface area contributed by atoms with Crippen molar-refractivity contribution in [2.45, 2.75) is 13.1 Å². The maximum Gasteiger partial charge on any atom is 0.354 e. The van der Waals surface area contributed by atoms with E-state index in [9.17, 15) is 9.59 Å². The molecule has 0 saturated heterocycles. The molecule has 0 saturated carbocycles. The number of nitrogens with zero attached hydrogens (tertiary/aromatic N) is 3. The number of aromatic nitrogens is 2. The Hall–Kier alpha value is -2.48. The minimum atomic E-state index is -1.08. The van der Waals surface area contributed by atoms with Crippen molar-refractivity contribution in [2.75, 3.05) is 7.05 Å². The molecular weight excluding hydrogens is 292 g/mol. The molecule has 0 atom stereocenters. The average molecular weight is 306 g/mol. The van der Waals surface area contributed by atoms with Gasteiger partial charge in [0, 0.05) is 25.2 Å². The molecule has 0 bridgehead atoms. The highest BCUT2D eigenvalue weighted by Crippen LogP contribution is 2.05. The lowest BCUT2D eigenvalue weighted by molar-refractivity contribution is 0.0690. The van der Waals surface area contributed by atoms with Crippen LogP contribution in [0.25, 0.3) is 0 Å². The molecule has 7 nitrogen and oxygen atoms in total. The molecule has 0 spiro atoms. The van der Waals surface area contributed by atoms with Crippen LogP contribution < -0.4 is 5.32 Å². The smallest absolute Gasteiger partial charge is 0.354 e. The van der Waals surface area contributed by atoms with E-state index in [1.165, 1.54) is 28.5 Å². The van der Waals surface area contributed by atoms with Gasteiger partial charge in [0.15, 0.2) is 0 Å². The van der Waals surface area contributed by atoms with E-state index in [1.54, 1.807) is 18.6 Å². The molecule has 2 aromatic heterocycles. The topological polar surface area (TPSA) is 95.4 Å². The van der Waals surface area contributed by atoms with Crippen LogP contribution >= 0.6 is 11.3 Å². The minimum absolute atomic E-state index is 0.0225. The van der Waals surface area contributed by atoms with Gasteiger partial charge in [-0.2, -0.15) is 0 Å². The highest BCUT2D eigenvalue weighted by Gasteiger charge is 2.10. The standard InChI is InChI=1S/C13H14N4O3S/c1-17(6-10-7-21-8-16-10)13(20)15-5-9-2-3-11(12(18)19)14-4-9/h2-4,7-8H,5-6H2,1H3,(H,15,20)(H,18,19). The Morgan fingerprint density at radius 3 is 2.76 bits per heavy atom. The van der Waals surface area contributed by atoms with Gasteiger partial charge in [-0.1, -0.05) is 6.07 Å². The highest BCUT2D eigenvalue weighted by atomic mass is 32.1. The number of nitrogens with one attached hydrogen (secondary N) is 1. The second-order valence-corrected chi connectivity index (χ2v) is 5.07. The fourth-order valence-corrected chi connectivity index (χ4v) is 2.15. The van der Waals surface area contributed by atoms with Gasteiger partial charge in [0.1, 0.15) is 5.69 Å². The lowest BCUT2D eigenvalue weighted by Crippen LogP contribution is -2.36. The fourth-order valence-electron chi connectivity index (χ4n) is 1.60. The van der Waals surface area contributed by atoms with E-state index in [0.717, 1.165) is 11.3 Å². The van der Waals surface area contributed by atoms with Crippen molar-refractivity contribution in [1.29, 1.82) is 0 Å². The Bertz CT molecular complexity index is 613. The molecule has 8 heteroatoms. The quantitative estimate of drug-likeness (QED) is 0.874. The van der Waals surface area contributed by atoms with Crippen LogP contribution in [0.15, 0.2) is 29.2 Å². The van der Waals surface area contributed by atoms with Gasteiger partial charge >= 0.3 is 12.0 Å². The van der Waals surface area contributed by atoms with Crippen molar-refractivity contribution in [1.82, 2.24) is 20.2 Å². The summed E-state index contributed by atoms with van der Waals surface area (Å²) < 4.78 is 0. The van der Waals surface area contributed by atoms with Gasteiger partial charge in [0.25, 0.3) is 0 Å². The predicted octanol–water partition coefficient (Wildman–Crippen LogP) is 1.58. The summed E-state index contributed by atoms with van der Waals surface area (Å²) in [5, 5.41) is 13.4. The van der Waals surface area contributed by atoms with Gasteiger partial charge in [0.05, 0.1) is 17.7 Å². The second kappa shape index (κ2) is 6.80. The van der Waals surface area contributed by atoms with E-state index in [2.05, 4.69) is 15.3 Å². The molecule has 2 heterocycles. The number of carbonyl (C=O) groups excluding carboxylic acids is 1. The number of amides is 2. The van der Waals surface area contributed by atoms with E-state index < -0.39 is 5.97 Å². The molecule has 2 N–H and O–H groups in total. The zero-order chi connectivity index (χ0) is 15.2. The highest BCUT2D eigenvalue weighted by molar-refractivity contribution is 7.07. The first kappa shape index (κ1) is 14.9. The summed E-state index contributed by atoms with van der Waals surface area (Å²) in [6.07, 6.45) is 1.43. The SMILES string of the molecule is CN(Cc1cscn1)C(=O)NCc1ccc(C(=O)O)nc1. The monoisotopic (exact) mass is 306 g/mol. The molecule has 2 amide bonds. The molecule has 21 heavy (non-hydrogen) atoms. The predicted molar refractivity (Wildman–Crippen MR) is 77.0 cm³/mol. The summed E-state index contributed by atoms with van der Waals surface area (Å²) in [6.45, 7) is 0.721. The average Bonchev–Trinajstić information content (AvgIpc) is 2.98. The number of carboxylic acid groups (broad SMARTS) is 1. The van der Waals surface area contributed by atoms with E-state index >= 15 is 0 Å². The number of rotatable bonds is 5. The Kier molecular flexibility index (Phi) is 4.83. The van der Waals surface area contributed by atoms with Crippen molar-refractivity contribution in [3.8, 4) is 0 Å². The second-order valence-electron chi connectivity index (χ2n) is 4.35.